The standard InChI is InChI=1S/C20H31ClN4O4/c1-20(2,3)29-19(28)24-15(10-11-25(4)5)18(27)23-16(17(22)26)12-13-6-8-14(21)9-7-13/h6-9,15-16H,10-12H2,1-5H3,(H2,22,26)(H,23,27)(H,24,28). The van der Waals surface area contributed by atoms with Crippen LogP contribution >= 0.6 is 11.6 Å². The summed E-state index contributed by atoms with van der Waals surface area (Å²) in [5.74, 6) is -1.17. The Hall–Kier alpha value is -2.32. The fourth-order valence-corrected chi connectivity index (χ4v) is 2.58. The summed E-state index contributed by atoms with van der Waals surface area (Å²) in [6.45, 7) is 5.75. The van der Waals surface area contributed by atoms with E-state index in [1.54, 1.807) is 45.0 Å². The summed E-state index contributed by atoms with van der Waals surface area (Å²) >= 11 is 5.87. The number of rotatable bonds is 9. The topological polar surface area (TPSA) is 114 Å². The molecule has 0 saturated heterocycles. The first-order chi connectivity index (χ1) is 13.4. The molecule has 0 aliphatic carbocycles. The van der Waals surface area contributed by atoms with Crippen molar-refractivity contribution in [3.63, 3.8) is 0 Å². The minimum Gasteiger partial charge on any atom is -0.444 e. The van der Waals surface area contributed by atoms with Crippen LogP contribution in [0.1, 0.15) is 32.8 Å². The molecule has 0 aliphatic heterocycles. The minimum atomic E-state index is -0.925. The van der Waals surface area contributed by atoms with E-state index in [0.29, 0.717) is 18.0 Å². The average molecular weight is 427 g/mol. The Kier molecular flexibility index (Phi) is 9.39. The molecule has 9 heteroatoms. The van der Waals surface area contributed by atoms with Crippen LogP contribution in [0.4, 0.5) is 4.79 Å². The third kappa shape index (κ3) is 10.1. The first-order valence-electron chi connectivity index (χ1n) is 9.36. The van der Waals surface area contributed by atoms with Crippen LogP contribution in [0.25, 0.3) is 0 Å². The second-order valence-electron chi connectivity index (χ2n) is 8.08. The second kappa shape index (κ2) is 11.0. The first kappa shape index (κ1) is 24.7. The highest BCUT2D eigenvalue weighted by Gasteiger charge is 2.27. The van der Waals surface area contributed by atoms with Crippen LogP contribution in [0.3, 0.4) is 0 Å². The summed E-state index contributed by atoms with van der Waals surface area (Å²) in [6.07, 6.45) is -0.153. The normalized spacial score (nSPS) is 13.5. The van der Waals surface area contributed by atoms with Gasteiger partial charge in [0, 0.05) is 11.4 Å². The number of carbonyl (C=O) groups excluding carboxylic acids is 3. The van der Waals surface area contributed by atoms with Gasteiger partial charge in [-0.2, -0.15) is 0 Å². The summed E-state index contributed by atoms with van der Waals surface area (Å²) in [4.78, 5) is 38.7. The number of nitrogens with two attached hydrogens (primary N) is 1. The molecule has 0 aliphatic rings. The van der Waals surface area contributed by atoms with E-state index >= 15 is 0 Å². The lowest BCUT2D eigenvalue weighted by Gasteiger charge is -2.25. The number of nitrogens with one attached hydrogen (secondary N) is 2. The second-order valence-corrected chi connectivity index (χ2v) is 8.52. The highest BCUT2D eigenvalue weighted by molar-refractivity contribution is 6.30. The third-order valence-corrected chi connectivity index (χ3v) is 4.14. The van der Waals surface area contributed by atoms with Crippen molar-refractivity contribution in [2.45, 2.75) is 51.3 Å². The number of ether oxygens (including phenoxy) is 1. The number of amides is 3. The molecule has 0 aromatic heterocycles. The van der Waals surface area contributed by atoms with Gasteiger partial charge in [0.05, 0.1) is 0 Å². The van der Waals surface area contributed by atoms with Crippen molar-refractivity contribution in [2.24, 2.45) is 5.73 Å². The molecule has 0 spiro atoms. The summed E-state index contributed by atoms with van der Waals surface area (Å²) in [5.41, 5.74) is 5.57. The molecule has 1 aromatic rings. The number of benzene rings is 1. The molecule has 2 atom stereocenters. The number of halogens is 1. The van der Waals surface area contributed by atoms with E-state index in [1.807, 2.05) is 19.0 Å². The third-order valence-electron chi connectivity index (χ3n) is 3.89. The Balaban J connectivity index is 2.86. The number of carbonyl (C=O) groups is 3. The molecule has 0 radical (unpaired) electrons. The largest absolute Gasteiger partial charge is 0.444 e. The zero-order valence-electron chi connectivity index (χ0n) is 17.6. The molecule has 162 valence electrons. The maximum absolute atomic E-state index is 12.8. The van der Waals surface area contributed by atoms with Crippen LogP contribution in [0.2, 0.25) is 5.02 Å². The molecule has 29 heavy (non-hydrogen) atoms. The maximum atomic E-state index is 12.8. The summed E-state index contributed by atoms with van der Waals surface area (Å²) in [7, 11) is 3.71. The number of hydrogen-bond acceptors (Lipinski definition) is 5. The van der Waals surface area contributed by atoms with Crippen molar-refractivity contribution in [3.05, 3.63) is 34.9 Å². The van der Waals surface area contributed by atoms with Gasteiger partial charge in [0.1, 0.15) is 17.7 Å². The van der Waals surface area contributed by atoms with Crippen molar-refractivity contribution in [2.75, 3.05) is 20.6 Å². The molecular formula is C20H31ClN4O4. The summed E-state index contributed by atoms with van der Waals surface area (Å²) < 4.78 is 5.24. The van der Waals surface area contributed by atoms with Crippen LogP contribution in [0.5, 0.6) is 0 Å². The van der Waals surface area contributed by atoms with Crippen LogP contribution < -0.4 is 16.4 Å². The molecule has 0 heterocycles. The fourth-order valence-electron chi connectivity index (χ4n) is 2.46. The Morgan fingerprint density at radius 3 is 2.17 bits per heavy atom. The van der Waals surface area contributed by atoms with E-state index in [9.17, 15) is 14.4 Å². The van der Waals surface area contributed by atoms with Gasteiger partial charge in [-0.15, -0.1) is 0 Å². The van der Waals surface area contributed by atoms with E-state index in [4.69, 9.17) is 22.1 Å². The molecule has 2 unspecified atom stereocenters. The van der Waals surface area contributed by atoms with Gasteiger partial charge in [-0.25, -0.2) is 4.79 Å². The van der Waals surface area contributed by atoms with E-state index < -0.39 is 35.6 Å². The molecule has 0 saturated carbocycles. The predicted molar refractivity (Wildman–Crippen MR) is 113 cm³/mol. The van der Waals surface area contributed by atoms with Crippen LogP contribution in [0.15, 0.2) is 24.3 Å². The Morgan fingerprint density at radius 2 is 1.69 bits per heavy atom. The Bertz CT molecular complexity index is 701. The minimum absolute atomic E-state index is 0.213. The average Bonchev–Trinajstić information content (AvgIpc) is 2.57. The van der Waals surface area contributed by atoms with E-state index in [0.717, 1.165) is 5.56 Å². The lowest BCUT2D eigenvalue weighted by molar-refractivity contribution is -0.128. The van der Waals surface area contributed by atoms with Crippen molar-refractivity contribution in [1.82, 2.24) is 15.5 Å². The number of alkyl carbamates (subject to hydrolysis) is 1. The van der Waals surface area contributed by atoms with Crippen molar-refractivity contribution in [3.8, 4) is 0 Å². The maximum Gasteiger partial charge on any atom is 0.408 e. The molecule has 0 bridgehead atoms. The zero-order chi connectivity index (χ0) is 22.2. The van der Waals surface area contributed by atoms with Gasteiger partial charge >= 0.3 is 6.09 Å². The lowest BCUT2D eigenvalue weighted by Crippen LogP contribution is -2.54. The monoisotopic (exact) mass is 426 g/mol. The number of hydrogen-bond donors (Lipinski definition) is 3. The highest BCUT2D eigenvalue weighted by atomic mass is 35.5. The molecule has 4 N–H and O–H groups in total. The summed E-state index contributed by atoms with van der Waals surface area (Å²) in [5, 5.41) is 5.78. The van der Waals surface area contributed by atoms with Gasteiger partial charge in [0.15, 0.2) is 0 Å². The Labute approximate surface area is 177 Å². The zero-order valence-corrected chi connectivity index (χ0v) is 18.4. The molecule has 0 fully saturated rings. The smallest absolute Gasteiger partial charge is 0.408 e. The lowest BCUT2D eigenvalue weighted by atomic mass is 10.0. The van der Waals surface area contributed by atoms with Gasteiger partial charge in [0.25, 0.3) is 0 Å². The molecule has 3 amide bonds. The molecule has 8 nitrogen and oxygen atoms in total. The number of primary amides is 1. The molecule has 1 rings (SSSR count). The van der Waals surface area contributed by atoms with Gasteiger partial charge in [-0.05, 0) is 65.5 Å². The van der Waals surface area contributed by atoms with Crippen molar-refractivity contribution >= 4 is 29.5 Å². The quantitative estimate of drug-likeness (QED) is 0.556. The van der Waals surface area contributed by atoms with E-state index in [2.05, 4.69) is 10.6 Å². The van der Waals surface area contributed by atoms with Gasteiger partial charge in [-0.3, -0.25) is 9.59 Å². The highest BCUT2D eigenvalue weighted by Crippen LogP contribution is 2.12. The van der Waals surface area contributed by atoms with Gasteiger partial charge in [-0.1, -0.05) is 23.7 Å². The summed E-state index contributed by atoms with van der Waals surface area (Å²) in [6, 6.07) is 5.10. The predicted octanol–water partition coefficient (Wildman–Crippen LogP) is 1.70. The van der Waals surface area contributed by atoms with E-state index in [1.165, 1.54) is 0 Å². The number of nitrogens with zero attached hydrogens (tertiary/aromatic N) is 1. The van der Waals surface area contributed by atoms with Crippen LogP contribution in [-0.4, -0.2) is 61.1 Å². The molecular weight excluding hydrogens is 396 g/mol. The van der Waals surface area contributed by atoms with Gasteiger partial charge < -0.3 is 26.0 Å². The van der Waals surface area contributed by atoms with E-state index in [-0.39, 0.29) is 6.42 Å². The Morgan fingerprint density at radius 1 is 1.10 bits per heavy atom. The van der Waals surface area contributed by atoms with Crippen LogP contribution in [0, 0.1) is 0 Å². The fraction of sp³-hybridized carbons (Fsp3) is 0.550. The van der Waals surface area contributed by atoms with Crippen molar-refractivity contribution < 1.29 is 19.1 Å². The van der Waals surface area contributed by atoms with Gasteiger partial charge in [0.2, 0.25) is 11.8 Å². The SMILES string of the molecule is CN(C)CCC(NC(=O)OC(C)(C)C)C(=O)NC(Cc1ccc(Cl)cc1)C(N)=O. The molecule has 1 aromatic carbocycles. The first-order valence-corrected chi connectivity index (χ1v) is 9.73. The van der Waals surface area contributed by atoms with Crippen LogP contribution in [-0.2, 0) is 20.7 Å². The van der Waals surface area contributed by atoms with Crippen molar-refractivity contribution in [1.29, 1.82) is 0 Å².